The van der Waals surface area contributed by atoms with Crippen LogP contribution in [0.4, 0.5) is 0 Å². The van der Waals surface area contributed by atoms with Gasteiger partial charge in [0.05, 0.1) is 20.8 Å². The zero-order valence-electron chi connectivity index (χ0n) is 13.1. The number of ether oxygens (including phenoxy) is 1. The van der Waals surface area contributed by atoms with Crippen molar-refractivity contribution >= 4 is 52.3 Å². The minimum Gasteiger partial charge on any atom is -0.482 e. The van der Waals surface area contributed by atoms with E-state index in [2.05, 4.69) is 10.2 Å². The third kappa shape index (κ3) is 4.92. The first-order valence-electron chi connectivity index (χ1n) is 7.33. The van der Waals surface area contributed by atoms with Gasteiger partial charge in [-0.3, -0.25) is 4.79 Å². The minimum absolute atomic E-state index is 0.0814. The second kappa shape index (κ2) is 8.77. The molecule has 0 fully saturated rings. The van der Waals surface area contributed by atoms with Gasteiger partial charge in [-0.2, -0.15) is 0 Å². The first kappa shape index (κ1) is 19.0. The molecule has 0 aliphatic carbocycles. The second-order valence-electron chi connectivity index (χ2n) is 5.02. The average Bonchev–Trinajstić information content (AvgIpc) is 3.09. The van der Waals surface area contributed by atoms with Crippen LogP contribution in [0, 0.1) is 0 Å². The number of aromatic nitrogens is 2. The van der Waals surface area contributed by atoms with Crippen molar-refractivity contribution in [2.24, 2.45) is 0 Å². The number of hydrogen-bond acceptors (Lipinski definition) is 6. The van der Waals surface area contributed by atoms with Gasteiger partial charge in [0.25, 0.3) is 11.1 Å². The molecule has 3 aromatic rings. The van der Waals surface area contributed by atoms with E-state index in [-0.39, 0.29) is 29.3 Å². The number of carbonyl (C=O) groups excluding carboxylic acids is 1. The lowest BCUT2D eigenvalue weighted by Gasteiger charge is -2.04. The van der Waals surface area contributed by atoms with Crippen molar-refractivity contribution in [1.82, 2.24) is 10.2 Å². The molecule has 3 rings (SSSR count). The van der Waals surface area contributed by atoms with Crippen LogP contribution in [-0.2, 0) is 6.61 Å². The standard InChI is InChI=1S/C17H11Cl3N2O3S/c18-11-6-5-10(7-13(11)20)14(23)9-26-17-22-21-16(25-17)8-24-15-4-2-1-3-12(15)19/h1-7H,8-9H2. The highest BCUT2D eigenvalue weighted by Crippen LogP contribution is 2.26. The number of ketones is 1. The van der Waals surface area contributed by atoms with Gasteiger partial charge in [-0.15, -0.1) is 10.2 Å². The van der Waals surface area contributed by atoms with Gasteiger partial charge >= 0.3 is 0 Å². The summed E-state index contributed by atoms with van der Waals surface area (Å²) in [5.41, 5.74) is 0.466. The molecular formula is C17H11Cl3N2O3S. The van der Waals surface area contributed by atoms with Crippen molar-refractivity contribution in [3.05, 3.63) is 69.0 Å². The molecular weight excluding hydrogens is 419 g/mol. The lowest BCUT2D eigenvalue weighted by atomic mass is 10.1. The lowest BCUT2D eigenvalue weighted by molar-refractivity contribution is 0.102. The Labute approximate surface area is 168 Å². The molecule has 9 heteroatoms. The van der Waals surface area contributed by atoms with E-state index in [0.29, 0.717) is 26.4 Å². The van der Waals surface area contributed by atoms with Crippen LogP contribution >= 0.6 is 46.6 Å². The highest BCUT2D eigenvalue weighted by molar-refractivity contribution is 7.99. The Kier molecular flexibility index (Phi) is 6.43. The van der Waals surface area contributed by atoms with Crippen LogP contribution in [-0.4, -0.2) is 21.7 Å². The van der Waals surface area contributed by atoms with E-state index >= 15 is 0 Å². The number of carbonyl (C=O) groups is 1. The quantitative estimate of drug-likeness (QED) is 0.360. The predicted octanol–water partition coefficient (Wildman–Crippen LogP) is 5.58. The zero-order chi connectivity index (χ0) is 18.5. The topological polar surface area (TPSA) is 65.2 Å². The van der Waals surface area contributed by atoms with Crippen molar-refractivity contribution in [1.29, 1.82) is 0 Å². The van der Waals surface area contributed by atoms with Gasteiger partial charge in [0.15, 0.2) is 12.4 Å². The summed E-state index contributed by atoms with van der Waals surface area (Å²) >= 11 is 18.9. The molecule has 5 nitrogen and oxygen atoms in total. The SMILES string of the molecule is O=C(CSc1nnc(COc2ccccc2Cl)o1)c1ccc(Cl)c(Cl)c1. The summed E-state index contributed by atoms with van der Waals surface area (Å²) in [5, 5.41) is 9.26. The van der Waals surface area contributed by atoms with Gasteiger partial charge in [-0.25, -0.2) is 0 Å². The van der Waals surface area contributed by atoms with Crippen LogP contribution in [0.25, 0.3) is 0 Å². The van der Waals surface area contributed by atoms with E-state index in [1.54, 1.807) is 24.3 Å². The van der Waals surface area contributed by atoms with Gasteiger partial charge < -0.3 is 9.15 Å². The Morgan fingerprint density at radius 1 is 1.04 bits per heavy atom. The lowest BCUT2D eigenvalue weighted by Crippen LogP contribution is -2.02. The number of Topliss-reactive ketones (excluding diaryl/α,β-unsaturated/α-hetero) is 1. The summed E-state index contributed by atoms with van der Waals surface area (Å²) in [7, 11) is 0. The molecule has 0 bridgehead atoms. The molecule has 0 atom stereocenters. The maximum absolute atomic E-state index is 12.2. The summed E-state index contributed by atoms with van der Waals surface area (Å²) in [5.74, 6) is 0.816. The van der Waals surface area contributed by atoms with E-state index in [1.807, 2.05) is 12.1 Å². The molecule has 0 spiro atoms. The van der Waals surface area contributed by atoms with Crippen molar-refractivity contribution in [3.63, 3.8) is 0 Å². The fourth-order valence-electron chi connectivity index (χ4n) is 1.94. The molecule has 0 saturated heterocycles. The van der Waals surface area contributed by atoms with Crippen LogP contribution in [0.5, 0.6) is 5.75 Å². The fraction of sp³-hybridized carbons (Fsp3) is 0.118. The first-order chi connectivity index (χ1) is 12.5. The van der Waals surface area contributed by atoms with Gasteiger partial charge in [-0.1, -0.05) is 58.7 Å². The molecule has 1 aromatic heterocycles. The molecule has 0 aliphatic rings. The zero-order valence-corrected chi connectivity index (χ0v) is 16.2. The normalized spacial score (nSPS) is 10.7. The molecule has 0 radical (unpaired) electrons. The molecule has 0 saturated carbocycles. The maximum Gasteiger partial charge on any atom is 0.277 e. The largest absolute Gasteiger partial charge is 0.482 e. The number of hydrogen-bond donors (Lipinski definition) is 0. The molecule has 0 amide bonds. The maximum atomic E-state index is 12.2. The smallest absolute Gasteiger partial charge is 0.277 e. The number of thioether (sulfide) groups is 1. The summed E-state index contributed by atoms with van der Waals surface area (Å²) in [4.78, 5) is 12.2. The predicted molar refractivity (Wildman–Crippen MR) is 102 cm³/mol. The molecule has 2 aromatic carbocycles. The van der Waals surface area contributed by atoms with Crippen LogP contribution in [0.3, 0.4) is 0 Å². The van der Waals surface area contributed by atoms with Crippen molar-refractivity contribution in [2.75, 3.05) is 5.75 Å². The first-order valence-corrected chi connectivity index (χ1v) is 9.45. The van der Waals surface area contributed by atoms with Crippen molar-refractivity contribution in [3.8, 4) is 5.75 Å². The monoisotopic (exact) mass is 428 g/mol. The van der Waals surface area contributed by atoms with Crippen molar-refractivity contribution in [2.45, 2.75) is 11.8 Å². The Morgan fingerprint density at radius 3 is 2.62 bits per heavy atom. The molecule has 134 valence electrons. The van der Waals surface area contributed by atoms with Gasteiger partial charge in [0, 0.05) is 5.56 Å². The molecule has 1 heterocycles. The van der Waals surface area contributed by atoms with Crippen LogP contribution in [0.1, 0.15) is 16.2 Å². The van der Waals surface area contributed by atoms with E-state index in [4.69, 9.17) is 44.0 Å². The van der Waals surface area contributed by atoms with Crippen LogP contribution < -0.4 is 4.74 Å². The molecule has 26 heavy (non-hydrogen) atoms. The van der Waals surface area contributed by atoms with Gasteiger partial charge in [-0.05, 0) is 30.3 Å². The van der Waals surface area contributed by atoms with Crippen LogP contribution in [0.2, 0.25) is 15.1 Å². The highest BCUT2D eigenvalue weighted by Gasteiger charge is 2.13. The Morgan fingerprint density at radius 2 is 1.85 bits per heavy atom. The molecule has 0 N–H and O–H groups in total. The van der Waals surface area contributed by atoms with E-state index in [1.165, 1.54) is 6.07 Å². The number of rotatable bonds is 7. The minimum atomic E-state index is -0.124. The van der Waals surface area contributed by atoms with E-state index in [0.717, 1.165) is 11.8 Å². The summed E-state index contributed by atoms with van der Waals surface area (Å²) < 4.78 is 11.0. The van der Waals surface area contributed by atoms with E-state index < -0.39 is 0 Å². The van der Waals surface area contributed by atoms with Gasteiger partial charge in [0.1, 0.15) is 5.75 Å². The number of benzene rings is 2. The Hall–Kier alpha value is -1.73. The fourth-order valence-corrected chi connectivity index (χ4v) is 3.10. The number of para-hydroxylation sites is 1. The van der Waals surface area contributed by atoms with Gasteiger partial charge in [0.2, 0.25) is 0 Å². The average molecular weight is 430 g/mol. The Balaban J connectivity index is 1.54. The Bertz CT molecular complexity index is 933. The highest BCUT2D eigenvalue weighted by atomic mass is 35.5. The van der Waals surface area contributed by atoms with E-state index in [9.17, 15) is 4.79 Å². The summed E-state index contributed by atoms with van der Waals surface area (Å²) in [6.45, 7) is 0.0814. The third-order valence-corrected chi connectivity index (χ3v) is 5.07. The number of halogens is 3. The van der Waals surface area contributed by atoms with Crippen molar-refractivity contribution < 1.29 is 13.9 Å². The summed E-state index contributed by atoms with van der Waals surface area (Å²) in [6, 6.07) is 11.8. The van der Waals surface area contributed by atoms with Crippen LogP contribution in [0.15, 0.2) is 52.1 Å². The molecule has 0 aliphatic heterocycles. The molecule has 0 unspecified atom stereocenters. The second-order valence-corrected chi connectivity index (χ2v) is 7.17. The number of nitrogens with zero attached hydrogens (tertiary/aromatic N) is 2. The summed E-state index contributed by atoms with van der Waals surface area (Å²) in [6.07, 6.45) is 0. The third-order valence-electron chi connectivity index (χ3n) is 3.20.